The van der Waals surface area contributed by atoms with E-state index in [-0.39, 0.29) is 0 Å². The summed E-state index contributed by atoms with van der Waals surface area (Å²) in [6.45, 7) is 0. The number of benzene rings is 1. The summed E-state index contributed by atoms with van der Waals surface area (Å²) in [6, 6.07) is 12.6. The first-order valence-corrected chi connectivity index (χ1v) is 6.87. The van der Waals surface area contributed by atoms with Crippen molar-refractivity contribution in [2.75, 3.05) is 0 Å². The van der Waals surface area contributed by atoms with Gasteiger partial charge in [0, 0.05) is 16.7 Å². The number of hydrogen-bond acceptors (Lipinski definition) is 5. The van der Waals surface area contributed by atoms with Gasteiger partial charge in [-0.3, -0.25) is 5.10 Å². The van der Waals surface area contributed by atoms with Crippen molar-refractivity contribution < 1.29 is 8.94 Å². The molecule has 22 heavy (non-hydrogen) atoms. The number of furan rings is 1. The number of nitrogens with zero attached hydrogens (tertiary/aromatic N) is 3. The fraction of sp³-hybridized carbons (Fsp3) is 0. The van der Waals surface area contributed by atoms with Gasteiger partial charge in [-0.05, 0) is 36.4 Å². The fourth-order valence-electron chi connectivity index (χ4n) is 2.03. The summed E-state index contributed by atoms with van der Waals surface area (Å²) in [4.78, 5) is 4.35. The molecule has 0 saturated carbocycles. The van der Waals surface area contributed by atoms with Crippen molar-refractivity contribution in [1.82, 2.24) is 20.3 Å². The summed E-state index contributed by atoms with van der Waals surface area (Å²) in [6.07, 6.45) is 1.59. The van der Waals surface area contributed by atoms with Crippen LogP contribution in [0.2, 0.25) is 5.02 Å². The van der Waals surface area contributed by atoms with Crippen LogP contribution in [0, 0.1) is 0 Å². The molecule has 0 amide bonds. The Bertz CT molecular complexity index is 894. The monoisotopic (exact) mass is 312 g/mol. The van der Waals surface area contributed by atoms with E-state index in [1.54, 1.807) is 30.5 Å². The second kappa shape index (κ2) is 5.16. The topological polar surface area (TPSA) is 80.7 Å². The number of aromatic nitrogens is 4. The summed E-state index contributed by atoms with van der Waals surface area (Å²) in [7, 11) is 0. The maximum Gasteiger partial charge on any atom is 0.276 e. The largest absolute Gasteiger partial charge is 0.463 e. The van der Waals surface area contributed by atoms with Gasteiger partial charge in [0.05, 0.1) is 6.26 Å². The van der Waals surface area contributed by atoms with Crippen LogP contribution in [0.25, 0.3) is 34.4 Å². The first kappa shape index (κ1) is 12.8. The number of hydrogen-bond donors (Lipinski definition) is 1. The average Bonchev–Trinajstić information content (AvgIpc) is 3.27. The van der Waals surface area contributed by atoms with Gasteiger partial charge >= 0.3 is 0 Å². The molecule has 4 rings (SSSR count). The lowest BCUT2D eigenvalue weighted by atomic mass is 10.2. The van der Waals surface area contributed by atoms with Crippen LogP contribution in [0.15, 0.2) is 57.7 Å². The van der Waals surface area contributed by atoms with Gasteiger partial charge in [0.2, 0.25) is 5.82 Å². The first-order valence-electron chi connectivity index (χ1n) is 6.49. The van der Waals surface area contributed by atoms with E-state index in [1.165, 1.54) is 0 Å². The molecule has 0 atom stereocenters. The van der Waals surface area contributed by atoms with Gasteiger partial charge in [0.1, 0.15) is 11.4 Å². The summed E-state index contributed by atoms with van der Waals surface area (Å²) >= 11 is 5.87. The minimum absolute atomic E-state index is 0.357. The van der Waals surface area contributed by atoms with Crippen molar-refractivity contribution in [1.29, 1.82) is 0 Å². The molecule has 0 spiro atoms. The quantitative estimate of drug-likeness (QED) is 0.617. The number of aromatic amines is 1. The lowest BCUT2D eigenvalue weighted by Gasteiger charge is -1.92. The van der Waals surface area contributed by atoms with Gasteiger partial charge in [-0.25, -0.2) is 0 Å². The molecule has 0 bridgehead atoms. The van der Waals surface area contributed by atoms with Crippen LogP contribution in [-0.2, 0) is 0 Å². The average molecular weight is 313 g/mol. The van der Waals surface area contributed by atoms with Crippen molar-refractivity contribution >= 4 is 11.6 Å². The van der Waals surface area contributed by atoms with E-state index in [0.717, 1.165) is 5.56 Å². The molecule has 0 aliphatic rings. The zero-order valence-corrected chi connectivity index (χ0v) is 11.9. The molecule has 3 heterocycles. The minimum atomic E-state index is 0.357. The predicted molar refractivity (Wildman–Crippen MR) is 80.0 cm³/mol. The number of rotatable bonds is 3. The lowest BCUT2D eigenvalue weighted by Crippen LogP contribution is -1.81. The molecule has 1 N–H and O–H groups in total. The fourth-order valence-corrected chi connectivity index (χ4v) is 2.16. The van der Waals surface area contributed by atoms with E-state index in [4.69, 9.17) is 20.5 Å². The van der Waals surface area contributed by atoms with Crippen LogP contribution in [-0.4, -0.2) is 20.3 Å². The molecule has 0 fully saturated rings. The van der Waals surface area contributed by atoms with Crippen molar-refractivity contribution in [2.45, 2.75) is 0 Å². The Morgan fingerprint density at radius 2 is 1.95 bits per heavy atom. The third-order valence-electron chi connectivity index (χ3n) is 3.11. The SMILES string of the molecule is Clc1ccc(-c2noc(-c3cc(-c4ccco4)n[nH]3)n2)cc1. The van der Waals surface area contributed by atoms with E-state index in [2.05, 4.69) is 20.3 Å². The van der Waals surface area contributed by atoms with Crippen LogP contribution >= 0.6 is 11.6 Å². The van der Waals surface area contributed by atoms with Crippen LogP contribution in [0.4, 0.5) is 0 Å². The van der Waals surface area contributed by atoms with Crippen LogP contribution < -0.4 is 0 Å². The number of nitrogens with one attached hydrogen (secondary N) is 1. The second-order valence-corrected chi connectivity index (χ2v) is 5.01. The number of halogens is 1. The summed E-state index contributed by atoms with van der Waals surface area (Å²) in [5.41, 5.74) is 2.12. The predicted octanol–water partition coefficient (Wildman–Crippen LogP) is 4.04. The molecule has 0 aliphatic heterocycles. The summed E-state index contributed by atoms with van der Waals surface area (Å²) < 4.78 is 10.6. The van der Waals surface area contributed by atoms with Gasteiger partial charge in [0.25, 0.3) is 5.89 Å². The highest BCUT2D eigenvalue weighted by atomic mass is 35.5. The molecule has 0 aliphatic carbocycles. The van der Waals surface area contributed by atoms with E-state index in [9.17, 15) is 0 Å². The van der Waals surface area contributed by atoms with Crippen molar-refractivity contribution in [3.8, 4) is 34.4 Å². The Morgan fingerprint density at radius 1 is 1.09 bits per heavy atom. The first-order chi connectivity index (χ1) is 10.8. The number of H-pyrrole nitrogens is 1. The molecular weight excluding hydrogens is 304 g/mol. The molecular formula is C15H9ClN4O2. The molecule has 0 radical (unpaired) electrons. The molecule has 0 unspecified atom stereocenters. The van der Waals surface area contributed by atoms with Crippen molar-refractivity contribution in [2.24, 2.45) is 0 Å². The summed E-state index contributed by atoms with van der Waals surface area (Å²) in [5.74, 6) is 1.51. The van der Waals surface area contributed by atoms with Crippen LogP contribution in [0.5, 0.6) is 0 Å². The molecule has 108 valence electrons. The summed E-state index contributed by atoms with van der Waals surface area (Å²) in [5, 5.41) is 11.6. The van der Waals surface area contributed by atoms with E-state index < -0.39 is 0 Å². The third-order valence-corrected chi connectivity index (χ3v) is 3.36. The van der Waals surface area contributed by atoms with Gasteiger partial charge in [-0.2, -0.15) is 10.1 Å². The molecule has 4 aromatic rings. The van der Waals surface area contributed by atoms with Crippen molar-refractivity contribution in [3.05, 3.63) is 53.8 Å². The molecule has 6 nitrogen and oxygen atoms in total. The molecule has 0 saturated heterocycles. The Labute approximate surface area is 129 Å². The van der Waals surface area contributed by atoms with Gasteiger partial charge in [0.15, 0.2) is 5.76 Å². The zero-order valence-electron chi connectivity index (χ0n) is 11.2. The van der Waals surface area contributed by atoms with Gasteiger partial charge < -0.3 is 8.94 Å². The molecule has 3 aromatic heterocycles. The van der Waals surface area contributed by atoms with E-state index in [1.807, 2.05) is 18.2 Å². The second-order valence-electron chi connectivity index (χ2n) is 4.57. The minimum Gasteiger partial charge on any atom is -0.463 e. The molecule has 7 heteroatoms. The standard InChI is InChI=1S/C15H9ClN4O2/c16-10-5-3-9(4-6-10)14-17-15(22-20-14)12-8-11(18-19-12)13-2-1-7-21-13/h1-8H,(H,18,19). The van der Waals surface area contributed by atoms with Crippen molar-refractivity contribution in [3.63, 3.8) is 0 Å². The van der Waals surface area contributed by atoms with Gasteiger partial charge in [-0.1, -0.05) is 16.8 Å². The maximum atomic E-state index is 5.87. The normalized spacial score (nSPS) is 11.0. The Balaban J connectivity index is 1.65. The lowest BCUT2D eigenvalue weighted by molar-refractivity contribution is 0.431. The van der Waals surface area contributed by atoms with Gasteiger partial charge in [-0.15, -0.1) is 0 Å². The highest BCUT2D eigenvalue weighted by Gasteiger charge is 2.14. The smallest absolute Gasteiger partial charge is 0.276 e. The maximum absolute atomic E-state index is 5.87. The molecule has 1 aromatic carbocycles. The Hall–Kier alpha value is -2.86. The third kappa shape index (κ3) is 2.29. The Morgan fingerprint density at radius 3 is 2.73 bits per heavy atom. The van der Waals surface area contributed by atoms with Crippen LogP contribution in [0.3, 0.4) is 0 Å². The highest BCUT2D eigenvalue weighted by Crippen LogP contribution is 2.25. The van der Waals surface area contributed by atoms with E-state index in [0.29, 0.717) is 33.9 Å². The Kier molecular flexibility index (Phi) is 3.01. The highest BCUT2D eigenvalue weighted by molar-refractivity contribution is 6.30. The van der Waals surface area contributed by atoms with Crippen LogP contribution in [0.1, 0.15) is 0 Å². The van der Waals surface area contributed by atoms with E-state index >= 15 is 0 Å². The zero-order chi connectivity index (χ0) is 14.9.